The quantitative estimate of drug-likeness (QED) is 0.706. The van der Waals surface area contributed by atoms with Crippen LogP contribution in [0.25, 0.3) is 0 Å². The van der Waals surface area contributed by atoms with Crippen LogP contribution in [-0.4, -0.2) is 31.1 Å². The largest absolute Gasteiger partial charge is 0.330 e. The molecule has 0 atom stereocenters. The van der Waals surface area contributed by atoms with Gasteiger partial charge in [-0.25, -0.2) is 0 Å². The van der Waals surface area contributed by atoms with Gasteiger partial charge in [-0.1, -0.05) is 19.8 Å². The summed E-state index contributed by atoms with van der Waals surface area (Å²) in [5.74, 6) is 1.01. The van der Waals surface area contributed by atoms with Gasteiger partial charge in [-0.3, -0.25) is 0 Å². The zero-order valence-electron chi connectivity index (χ0n) is 8.97. The lowest BCUT2D eigenvalue weighted by molar-refractivity contribution is 0.178. The molecule has 0 aromatic heterocycles. The summed E-state index contributed by atoms with van der Waals surface area (Å²) in [6.45, 7) is 6.97. The Kier molecular flexibility index (Phi) is 5.40. The molecule has 1 aliphatic heterocycles. The summed E-state index contributed by atoms with van der Waals surface area (Å²) in [4.78, 5) is 2.57. The average molecular weight is 184 g/mol. The first-order valence-electron chi connectivity index (χ1n) is 5.79. The van der Waals surface area contributed by atoms with E-state index in [2.05, 4.69) is 11.8 Å². The second kappa shape index (κ2) is 6.39. The van der Waals surface area contributed by atoms with Crippen LogP contribution in [0, 0.1) is 5.92 Å². The molecule has 78 valence electrons. The molecule has 1 heterocycles. The zero-order chi connectivity index (χ0) is 9.52. The van der Waals surface area contributed by atoms with Gasteiger partial charge in [0.15, 0.2) is 0 Å². The number of piperidine rings is 1. The molecule has 2 heteroatoms. The minimum atomic E-state index is 0.842. The van der Waals surface area contributed by atoms with Crippen molar-refractivity contribution in [3.05, 3.63) is 0 Å². The third-order valence-electron chi connectivity index (χ3n) is 3.08. The molecule has 2 N–H and O–H groups in total. The molecule has 0 radical (unpaired) electrons. The molecule has 1 aliphatic rings. The van der Waals surface area contributed by atoms with Crippen molar-refractivity contribution in [3.63, 3.8) is 0 Å². The molecule has 0 amide bonds. The van der Waals surface area contributed by atoms with Crippen molar-refractivity contribution in [1.29, 1.82) is 0 Å². The van der Waals surface area contributed by atoms with Gasteiger partial charge in [-0.2, -0.15) is 0 Å². The van der Waals surface area contributed by atoms with E-state index in [4.69, 9.17) is 5.73 Å². The fraction of sp³-hybridized carbons (Fsp3) is 1.00. The second-order valence-corrected chi connectivity index (χ2v) is 4.22. The van der Waals surface area contributed by atoms with Crippen LogP contribution in [0.4, 0.5) is 0 Å². The molecular weight excluding hydrogens is 160 g/mol. The average Bonchev–Trinajstić information content (AvgIpc) is 2.17. The van der Waals surface area contributed by atoms with Crippen LogP contribution >= 0.6 is 0 Å². The molecule has 0 spiro atoms. The second-order valence-electron chi connectivity index (χ2n) is 4.22. The van der Waals surface area contributed by atoms with E-state index < -0.39 is 0 Å². The monoisotopic (exact) mass is 184 g/mol. The first kappa shape index (κ1) is 11.0. The van der Waals surface area contributed by atoms with Crippen molar-refractivity contribution in [2.75, 3.05) is 26.2 Å². The maximum Gasteiger partial charge on any atom is -0.000671 e. The molecule has 0 bridgehead atoms. The third kappa shape index (κ3) is 4.10. The van der Waals surface area contributed by atoms with E-state index in [1.165, 1.54) is 51.7 Å². The summed E-state index contributed by atoms with van der Waals surface area (Å²) in [6.07, 6.45) is 6.79. The normalized spacial score (nSPS) is 20.8. The predicted octanol–water partition coefficient (Wildman–Crippen LogP) is 1.85. The molecule has 0 aromatic rings. The molecule has 0 aliphatic carbocycles. The highest BCUT2D eigenvalue weighted by Gasteiger charge is 2.17. The lowest BCUT2D eigenvalue weighted by Crippen LogP contribution is -2.35. The van der Waals surface area contributed by atoms with E-state index in [9.17, 15) is 0 Å². The van der Waals surface area contributed by atoms with Gasteiger partial charge in [0.05, 0.1) is 0 Å². The lowest BCUT2D eigenvalue weighted by Gasteiger charge is -2.31. The van der Waals surface area contributed by atoms with Crippen LogP contribution in [0.2, 0.25) is 0 Å². The maximum absolute atomic E-state index is 5.49. The molecule has 0 aromatic carbocycles. The molecule has 13 heavy (non-hydrogen) atoms. The van der Waals surface area contributed by atoms with E-state index in [1.54, 1.807) is 0 Å². The molecule has 1 rings (SSSR count). The van der Waals surface area contributed by atoms with Gasteiger partial charge in [-0.15, -0.1) is 0 Å². The van der Waals surface area contributed by atoms with Gasteiger partial charge in [0.1, 0.15) is 0 Å². The van der Waals surface area contributed by atoms with Crippen molar-refractivity contribution in [2.45, 2.75) is 39.0 Å². The maximum atomic E-state index is 5.49. The van der Waals surface area contributed by atoms with Crippen molar-refractivity contribution in [2.24, 2.45) is 11.7 Å². The molecule has 0 saturated carbocycles. The predicted molar refractivity (Wildman–Crippen MR) is 57.7 cm³/mol. The summed E-state index contributed by atoms with van der Waals surface area (Å²) >= 11 is 0. The Morgan fingerprint density at radius 2 is 2.00 bits per heavy atom. The number of nitrogens with zero attached hydrogens (tertiary/aromatic N) is 1. The number of rotatable bonds is 5. The van der Waals surface area contributed by atoms with Crippen LogP contribution < -0.4 is 5.73 Å². The lowest BCUT2D eigenvalue weighted by atomic mass is 9.92. The van der Waals surface area contributed by atoms with Gasteiger partial charge in [0.2, 0.25) is 0 Å². The van der Waals surface area contributed by atoms with Crippen LogP contribution in [-0.2, 0) is 0 Å². The van der Waals surface area contributed by atoms with Gasteiger partial charge in [0, 0.05) is 0 Å². The Morgan fingerprint density at radius 1 is 1.31 bits per heavy atom. The van der Waals surface area contributed by atoms with E-state index >= 15 is 0 Å². The Labute approximate surface area is 82.5 Å². The highest BCUT2D eigenvalue weighted by molar-refractivity contribution is 4.71. The van der Waals surface area contributed by atoms with Crippen LogP contribution in [0.15, 0.2) is 0 Å². The minimum absolute atomic E-state index is 0.842. The number of nitrogens with two attached hydrogens (primary N) is 1. The fourth-order valence-corrected chi connectivity index (χ4v) is 2.22. The Balaban J connectivity index is 2.08. The first-order chi connectivity index (χ1) is 6.36. The van der Waals surface area contributed by atoms with Crippen LogP contribution in [0.3, 0.4) is 0 Å². The van der Waals surface area contributed by atoms with E-state index in [1.807, 2.05) is 0 Å². The van der Waals surface area contributed by atoms with E-state index in [0.29, 0.717) is 0 Å². The molecule has 0 unspecified atom stereocenters. The van der Waals surface area contributed by atoms with Crippen molar-refractivity contribution in [3.8, 4) is 0 Å². The van der Waals surface area contributed by atoms with E-state index in [-0.39, 0.29) is 0 Å². The summed E-state index contributed by atoms with van der Waals surface area (Å²) in [7, 11) is 0. The third-order valence-corrected chi connectivity index (χ3v) is 3.08. The van der Waals surface area contributed by atoms with Crippen molar-refractivity contribution < 1.29 is 0 Å². The Morgan fingerprint density at radius 3 is 2.54 bits per heavy atom. The van der Waals surface area contributed by atoms with Crippen LogP contribution in [0.5, 0.6) is 0 Å². The summed E-state index contributed by atoms with van der Waals surface area (Å²) in [6, 6.07) is 0. The Hall–Kier alpha value is -0.0800. The van der Waals surface area contributed by atoms with Gasteiger partial charge in [0.25, 0.3) is 0 Å². The van der Waals surface area contributed by atoms with Crippen molar-refractivity contribution >= 4 is 0 Å². The van der Waals surface area contributed by atoms with Gasteiger partial charge in [-0.05, 0) is 51.4 Å². The molecule has 1 fully saturated rings. The molecular formula is C11H24N2. The topological polar surface area (TPSA) is 29.3 Å². The standard InChI is InChI=1S/C11H24N2/c1-2-4-11-5-9-13(10-6-11)8-3-7-12/h11H,2-10,12H2,1H3. The van der Waals surface area contributed by atoms with Crippen molar-refractivity contribution in [1.82, 2.24) is 4.90 Å². The van der Waals surface area contributed by atoms with Crippen LogP contribution in [0.1, 0.15) is 39.0 Å². The van der Waals surface area contributed by atoms with Gasteiger partial charge >= 0.3 is 0 Å². The van der Waals surface area contributed by atoms with Gasteiger partial charge < -0.3 is 10.6 Å². The SMILES string of the molecule is CCCC1CCN(CCCN)CC1. The summed E-state index contributed by atoms with van der Waals surface area (Å²) in [5, 5.41) is 0. The molecule has 2 nitrogen and oxygen atoms in total. The smallest absolute Gasteiger partial charge is 0.000671 e. The number of hydrogen-bond acceptors (Lipinski definition) is 2. The Bertz CT molecular complexity index is 117. The first-order valence-corrected chi connectivity index (χ1v) is 5.79. The molecule has 1 saturated heterocycles. The fourth-order valence-electron chi connectivity index (χ4n) is 2.22. The van der Waals surface area contributed by atoms with E-state index in [0.717, 1.165) is 12.5 Å². The minimum Gasteiger partial charge on any atom is -0.330 e. The highest BCUT2D eigenvalue weighted by Crippen LogP contribution is 2.21. The summed E-state index contributed by atoms with van der Waals surface area (Å²) in [5.41, 5.74) is 5.49. The highest BCUT2D eigenvalue weighted by atomic mass is 15.1. The number of hydrogen-bond donors (Lipinski definition) is 1. The number of likely N-dealkylation sites (tertiary alicyclic amines) is 1. The summed E-state index contributed by atoms with van der Waals surface area (Å²) < 4.78 is 0. The zero-order valence-corrected chi connectivity index (χ0v) is 8.97.